The van der Waals surface area contributed by atoms with Crippen LogP contribution in [0.15, 0.2) is 24.7 Å². The van der Waals surface area contributed by atoms with E-state index in [2.05, 4.69) is 25.5 Å². The minimum atomic E-state index is -4.64. The van der Waals surface area contributed by atoms with Gasteiger partial charge in [-0.3, -0.25) is 14.9 Å². The molecule has 1 aliphatic heterocycles. The fourth-order valence-corrected chi connectivity index (χ4v) is 2.53. The van der Waals surface area contributed by atoms with Crippen LogP contribution in [0, 0.1) is 0 Å². The topological polar surface area (TPSA) is 92.8 Å². The van der Waals surface area contributed by atoms with E-state index in [1.54, 1.807) is 0 Å². The molecule has 0 unspecified atom stereocenters. The van der Waals surface area contributed by atoms with Crippen molar-refractivity contribution in [3.05, 3.63) is 41.7 Å². The first-order valence-electron chi connectivity index (χ1n) is 7.26. The predicted octanol–water partition coefficient (Wildman–Crippen LogP) is 1.87. The maximum Gasteiger partial charge on any atom is 0.418 e. The maximum atomic E-state index is 12.9. The van der Waals surface area contributed by atoms with Gasteiger partial charge in [0.25, 0.3) is 5.91 Å². The predicted molar refractivity (Wildman–Crippen MR) is 74.8 cm³/mol. The van der Waals surface area contributed by atoms with Gasteiger partial charge in [-0.2, -0.15) is 18.3 Å². The molecule has 128 valence electrons. The summed E-state index contributed by atoms with van der Waals surface area (Å²) in [6, 6.07) is 1.97. The van der Waals surface area contributed by atoms with E-state index in [1.807, 2.05) is 0 Å². The zero-order valence-corrected chi connectivity index (χ0v) is 12.4. The van der Waals surface area contributed by atoms with Crippen molar-refractivity contribution in [3.63, 3.8) is 0 Å². The van der Waals surface area contributed by atoms with E-state index in [4.69, 9.17) is 4.74 Å². The Balaban J connectivity index is 1.59. The molecule has 1 amide bonds. The molecule has 2 atom stereocenters. The van der Waals surface area contributed by atoms with E-state index in [1.165, 1.54) is 6.33 Å². The van der Waals surface area contributed by atoms with E-state index in [0.29, 0.717) is 18.7 Å². The lowest BCUT2D eigenvalue weighted by molar-refractivity contribution is -0.138. The van der Waals surface area contributed by atoms with Gasteiger partial charge in [-0.25, -0.2) is 4.98 Å². The van der Waals surface area contributed by atoms with E-state index in [0.717, 1.165) is 18.3 Å². The number of hydrogen-bond donors (Lipinski definition) is 2. The van der Waals surface area contributed by atoms with Crippen molar-refractivity contribution in [2.24, 2.45) is 0 Å². The molecule has 2 aromatic heterocycles. The van der Waals surface area contributed by atoms with Gasteiger partial charge in [-0.1, -0.05) is 0 Å². The number of H-pyrrole nitrogens is 1. The van der Waals surface area contributed by atoms with Crippen molar-refractivity contribution >= 4 is 5.91 Å². The second-order valence-corrected chi connectivity index (χ2v) is 5.30. The highest BCUT2D eigenvalue weighted by Gasteiger charge is 2.36. The van der Waals surface area contributed by atoms with Crippen LogP contribution < -0.4 is 5.32 Å². The summed E-state index contributed by atoms with van der Waals surface area (Å²) in [6.07, 6.45) is -1.34. The number of aromatic amines is 1. The summed E-state index contributed by atoms with van der Waals surface area (Å²) in [6.45, 7) is 0.0946. The number of rotatable bonds is 4. The monoisotopic (exact) mass is 341 g/mol. The van der Waals surface area contributed by atoms with Gasteiger partial charge in [-0.05, 0) is 25.0 Å². The Hall–Kier alpha value is -2.49. The number of nitrogens with zero attached hydrogens (tertiary/aromatic N) is 3. The van der Waals surface area contributed by atoms with Gasteiger partial charge in [0, 0.05) is 12.7 Å². The number of carbonyl (C=O) groups is 1. The number of alkyl halides is 3. The number of aromatic nitrogens is 4. The highest BCUT2D eigenvalue weighted by atomic mass is 19.4. The number of ether oxygens (including phenoxy) is 1. The first kappa shape index (κ1) is 16.4. The summed E-state index contributed by atoms with van der Waals surface area (Å²) in [5.74, 6) is -0.289. The van der Waals surface area contributed by atoms with Crippen molar-refractivity contribution in [1.82, 2.24) is 25.5 Å². The smallest absolute Gasteiger partial charge is 0.365 e. The Kier molecular flexibility index (Phi) is 4.47. The number of hydrogen-bond acceptors (Lipinski definition) is 5. The Labute approximate surface area is 134 Å². The Morgan fingerprint density at radius 1 is 1.38 bits per heavy atom. The highest BCUT2D eigenvalue weighted by molar-refractivity contribution is 5.93. The van der Waals surface area contributed by atoms with Crippen LogP contribution in [0.1, 0.15) is 40.8 Å². The fraction of sp³-hybridized carbons (Fsp3) is 0.429. The lowest BCUT2D eigenvalue weighted by Gasteiger charge is -2.14. The van der Waals surface area contributed by atoms with Gasteiger partial charge in [0.2, 0.25) is 0 Å². The molecule has 3 rings (SSSR count). The van der Waals surface area contributed by atoms with Crippen LogP contribution >= 0.6 is 0 Å². The Bertz CT molecular complexity index is 705. The Morgan fingerprint density at radius 2 is 2.21 bits per heavy atom. The highest BCUT2D eigenvalue weighted by Crippen LogP contribution is 2.32. The lowest BCUT2D eigenvalue weighted by atomic mass is 10.1. The van der Waals surface area contributed by atoms with Crippen molar-refractivity contribution in [2.75, 3.05) is 6.54 Å². The van der Waals surface area contributed by atoms with Gasteiger partial charge in [-0.15, -0.1) is 0 Å². The summed E-state index contributed by atoms with van der Waals surface area (Å²) in [7, 11) is 0. The molecule has 24 heavy (non-hydrogen) atoms. The van der Waals surface area contributed by atoms with Gasteiger partial charge in [0.15, 0.2) is 5.82 Å². The minimum absolute atomic E-state index is 0.0946. The third-order valence-corrected chi connectivity index (χ3v) is 3.66. The van der Waals surface area contributed by atoms with Crippen molar-refractivity contribution in [2.45, 2.75) is 31.2 Å². The van der Waals surface area contributed by atoms with Crippen molar-refractivity contribution in [1.29, 1.82) is 0 Å². The third-order valence-electron chi connectivity index (χ3n) is 3.66. The zero-order chi connectivity index (χ0) is 17.2. The summed E-state index contributed by atoms with van der Waals surface area (Å²) >= 11 is 0. The molecule has 0 bridgehead atoms. The standard InChI is InChI=1S/C14H14F3N5O2/c15-14(16,17)9-2-1-5-18-11(9)13(23)19-6-8-3-4-10(24-8)12-20-7-21-22-12/h1-2,5,7-8,10H,3-4,6H2,(H,19,23)(H,20,21,22)/t8-,10+/m1/s1. The number of nitrogens with one attached hydrogen (secondary N) is 2. The molecule has 0 aliphatic carbocycles. The van der Waals surface area contributed by atoms with Crippen LogP contribution in [0.4, 0.5) is 13.2 Å². The molecule has 1 fully saturated rings. The van der Waals surface area contributed by atoms with Crippen LogP contribution in [-0.2, 0) is 10.9 Å². The van der Waals surface area contributed by atoms with Crippen LogP contribution in [0.5, 0.6) is 0 Å². The SMILES string of the molecule is O=C(NC[C@H]1CC[C@@H](c2ncn[nH]2)O1)c1ncccc1C(F)(F)F. The quantitative estimate of drug-likeness (QED) is 0.886. The molecular weight excluding hydrogens is 327 g/mol. The second-order valence-electron chi connectivity index (χ2n) is 5.30. The first-order valence-corrected chi connectivity index (χ1v) is 7.26. The molecule has 7 nitrogen and oxygen atoms in total. The average molecular weight is 341 g/mol. The Morgan fingerprint density at radius 3 is 2.92 bits per heavy atom. The molecule has 2 aromatic rings. The summed E-state index contributed by atoms with van der Waals surface area (Å²) in [5, 5.41) is 8.89. The maximum absolute atomic E-state index is 12.9. The van der Waals surface area contributed by atoms with E-state index < -0.39 is 23.3 Å². The summed E-state index contributed by atoms with van der Waals surface area (Å²) in [4.78, 5) is 19.6. The molecule has 0 saturated carbocycles. The van der Waals surface area contributed by atoms with Gasteiger partial charge < -0.3 is 10.1 Å². The van der Waals surface area contributed by atoms with Gasteiger partial charge >= 0.3 is 6.18 Å². The van der Waals surface area contributed by atoms with Crippen LogP contribution in [0.25, 0.3) is 0 Å². The first-order chi connectivity index (χ1) is 11.4. The fourth-order valence-electron chi connectivity index (χ4n) is 2.53. The molecule has 0 aromatic carbocycles. The minimum Gasteiger partial charge on any atom is -0.365 e. The van der Waals surface area contributed by atoms with E-state index >= 15 is 0 Å². The molecular formula is C14H14F3N5O2. The van der Waals surface area contributed by atoms with E-state index in [9.17, 15) is 18.0 Å². The van der Waals surface area contributed by atoms with Crippen LogP contribution in [0.3, 0.4) is 0 Å². The number of halogens is 3. The summed E-state index contributed by atoms with van der Waals surface area (Å²) < 4.78 is 44.4. The largest absolute Gasteiger partial charge is 0.418 e. The van der Waals surface area contributed by atoms with Crippen molar-refractivity contribution < 1.29 is 22.7 Å². The molecule has 3 heterocycles. The third kappa shape index (κ3) is 3.53. The van der Waals surface area contributed by atoms with Crippen molar-refractivity contribution in [3.8, 4) is 0 Å². The number of pyridine rings is 1. The second kappa shape index (κ2) is 6.56. The lowest BCUT2D eigenvalue weighted by Crippen LogP contribution is -2.33. The molecule has 2 N–H and O–H groups in total. The summed E-state index contributed by atoms with van der Waals surface area (Å²) in [5.41, 5.74) is -1.70. The van der Waals surface area contributed by atoms with E-state index in [-0.39, 0.29) is 18.8 Å². The number of carbonyl (C=O) groups excluding carboxylic acids is 1. The molecule has 0 spiro atoms. The van der Waals surface area contributed by atoms with Crippen LogP contribution in [-0.4, -0.2) is 38.7 Å². The van der Waals surface area contributed by atoms with Gasteiger partial charge in [0.05, 0.1) is 11.7 Å². The number of amides is 1. The normalized spacial score (nSPS) is 21.0. The van der Waals surface area contributed by atoms with Crippen LogP contribution in [0.2, 0.25) is 0 Å². The average Bonchev–Trinajstić information content (AvgIpc) is 3.23. The molecule has 0 radical (unpaired) electrons. The van der Waals surface area contributed by atoms with Gasteiger partial charge in [0.1, 0.15) is 18.1 Å². The molecule has 1 saturated heterocycles. The molecule has 1 aliphatic rings. The zero-order valence-electron chi connectivity index (χ0n) is 12.4. The molecule has 10 heteroatoms.